The van der Waals surface area contributed by atoms with Crippen LogP contribution in [0, 0.1) is 13.8 Å². The average Bonchev–Trinajstić information content (AvgIpc) is 3.08. The lowest BCUT2D eigenvalue weighted by Gasteiger charge is -2.04. The molecular formula is C18H17NO3S. The van der Waals surface area contributed by atoms with Gasteiger partial charge in [0.25, 0.3) is 0 Å². The van der Waals surface area contributed by atoms with Crippen LogP contribution in [-0.2, 0) is 16.0 Å². The molecule has 4 nitrogen and oxygen atoms in total. The van der Waals surface area contributed by atoms with Crippen LogP contribution in [0.4, 0.5) is 0 Å². The first kappa shape index (κ1) is 15.5. The number of fused-ring (bicyclic) bond motifs is 1. The normalized spacial score (nSPS) is 10.9. The Labute approximate surface area is 138 Å². The number of ketones is 1. The minimum Gasteiger partial charge on any atom is -0.457 e. The number of hydrogen-bond donors (Lipinski definition) is 1. The van der Waals surface area contributed by atoms with Crippen molar-refractivity contribution in [3.63, 3.8) is 0 Å². The van der Waals surface area contributed by atoms with Gasteiger partial charge >= 0.3 is 5.97 Å². The quantitative estimate of drug-likeness (QED) is 0.572. The van der Waals surface area contributed by atoms with Crippen molar-refractivity contribution in [2.24, 2.45) is 0 Å². The summed E-state index contributed by atoms with van der Waals surface area (Å²) in [5.74, 6) is -0.549. The molecule has 1 aromatic carbocycles. The van der Waals surface area contributed by atoms with Crippen LogP contribution >= 0.6 is 11.3 Å². The smallest absolute Gasteiger partial charge is 0.310 e. The number of carbonyl (C=O) groups excluding carboxylic acids is 2. The topological polar surface area (TPSA) is 59.2 Å². The van der Waals surface area contributed by atoms with E-state index in [4.69, 9.17) is 4.74 Å². The van der Waals surface area contributed by atoms with E-state index in [1.807, 2.05) is 44.2 Å². The highest BCUT2D eigenvalue weighted by Gasteiger charge is 2.15. The van der Waals surface area contributed by atoms with Gasteiger partial charge in [0.1, 0.15) is 0 Å². The first-order chi connectivity index (χ1) is 11.0. The van der Waals surface area contributed by atoms with E-state index in [-0.39, 0.29) is 18.8 Å². The van der Waals surface area contributed by atoms with E-state index in [1.54, 1.807) is 17.5 Å². The van der Waals surface area contributed by atoms with E-state index < -0.39 is 5.97 Å². The van der Waals surface area contributed by atoms with Crippen LogP contribution in [0.2, 0.25) is 0 Å². The molecule has 0 fully saturated rings. The number of hydrogen-bond acceptors (Lipinski definition) is 4. The molecule has 0 aliphatic carbocycles. The molecule has 2 aromatic heterocycles. The van der Waals surface area contributed by atoms with Crippen molar-refractivity contribution in [2.75, 3.05) is 6.61 Å². The number of rotatable bonds is 5. The van der Waals surface area contributed by atoms with E-state index in [1.165, 1.54) is 0 Å². The summed E-state index contributed by atoms with van der Waals surface area (Å²) in [6, 6.07) is 9.61. The Balaban J connectivity index is 1.61. The first-order valence-electron chi connectivity index (χ1n) is 7.35. The molecule has 0 saturated heterocycles. The Morgan fingerprint density at radius 1 is 1.22 bits per heavy atom. The molecule has 118 valence electrons. The van der Waals surface area contributed by atoms with Crippen molar-refractivity contribution in [1.82, 2.24) is 4.98 Å². The zero-order chi connectivity index (χ0) is 16.4. The van der Waals surface area contributed by atoms with Gasteiger partial charge in [0, 0.05) is 32.4 Å². The van der Waals surface area contributed by atoms with Crippen molar-refractivity contribution in [3.05, 3.63) is 57.4 Å². The van der Waals surface area contributed by atoms with Crippen LogP contribution < -0.4 is 0 Å². The molecule has 0 bridgehead atoms. The maximum absolute atomic E-state index is 12.1. The summed E-state index contributed by atoms with van der Waals surface area (Å²) in [5.41, 5.74) is 2.50. The largest absolute Gasteiger partial charge is 0.457 e. The summed E-state index contributed by atoms with van der Waals surface area (Å²) in [6.07, 6.45) is 1.96. The number of carbonyl (C=O) groups is 2. The van der Waals surface area contributed by atoms with Crippen molar-refractivity contribution in [2.45, 2.75) is 20.3 Å². The monoisotopic (exact) mass is 327 g/mol. The third kappa shape index (κ3) is 3.35. The molecule has 0 aliphatic rings. The van der Waals surface area contributed by atoms with Crippen LogP contribution in [-0.4, -0.2) is 23.3 Å². The third-order valence-corrected chi connectivity index (χ3v) is 4.68. The highest BCUT2D eigenvalue weighted by Crippen LogP contribution is 2.21. The van der Waals surface area contributed by atoms with Crippen molar-refractivity contribution in [3.8, 4) is 0 Å². The summed E-state index contributed by atoms with van der Waals surface area (Å²) in [7, 11) is 0. The lowest BCUT2D eigenvalue weighted by atomic mass is 10.1. The zero-order valence-electron chi connectivity index (χ0n) is 13.0. The summed E-state index contributed by atoms with van der Waals surface area (Å²) in [4.78, 5) is 29.3. The number of aromatic amines is 1. The predicted molar refractivity (Wildman–Crippen MR) is 91.1 cm³/mol. The molecule has 1 N–H and O–H groups in total. The molecule has 0 aliphatic heterocycles. The van der Waals surface area contributed by atoms with Crippen molar-refractivity contribution >= 4 is 34.0 Å². The van der Waals surface area contributed by atoms with Crippen LogP contribution in [0.25, 0.3) is 10.9 Å². The number of Topliss-reactive ketones (excluding diaryl/α,β-unsaturated/α-hetero) is 1. The molecular weight excluding hydrogens is 310 g/mol. The second-order valence-corrected chi connectivity index (χ2v) is 6.91. The standard InChI is InChI=1S/C18H17NO3S/c1-11-7-15(12(2)23-11)17(20)10-22-18(21)8-13-9-19-16-6-4-3-5-14(13)16/h3-7,9,19H,8,10H2,1-2H3. The van der Waals surface area contributed by atoms with E-state index in [9.17, 15) is 9.59 Å². The van der Waals surface area contributed by atoms with E-state index in [0.717, 1.165) is 26.2 Å². The minimum atomic E-state index is -0.396. The summed E-state index contributed by atoms with van der Waals surface area (Å²) in [6.45, 7) is 3.65. The Kier molecular flexibility index (Phi) is 4.30. The van der Waals surface area contributed by atoms with Gasteiger partial charge in [-0.25, -0.2) is 0 Å². The lowest BCUT2D eigenvalue weighted by Crippen LogP contribution is -2.15. The Bertz CT molecular complexity index is 875. The number of esters is 1. The van der Waals surface area contributed by atoms with Crippen LogP contribution in [0.1, 0.15) is 25.7 Å². The van der Waals surface area contributed by atoms with Gasteiger partial charge < -0.3 is 9.72 Å². The third-order valence-electron chi connectivity index (χ3n) is 3.72. The number of ether oxygens (including phenoxy) is 1. The molecule has 0 atom stereocenters. The van der Waals surface area contributed by atoms with Gasteiger partial charge in [-0.2, -0.15) is 0 Å². The van der Waals surface area contributed by atoms with Crippen LogP contribution in [0.15, 0.2) is 36.5 Å². The lowest BCUT2D eigenvalue weighted by molar-refractivity contribution is -0.141. The van der Waals surface area contributed by atoms with Gasteiger partial charge in [-0.05, 0) is 31.5 Å². The Morgan fingerprint density at radius 3 is 2.74 bits per heavy atom. The van der Waals surface area contributed by atoms with Gasteiger partial charge in [0.2, 0.25) is 5.78 Å². The molecule has 0 radical (unpaired) electrons. The fourth-order valence-corrected chi connectivity index (χ4v) is 3.56. The van der Waals surface area contributed by atoms with Gasteiger partial charge in [-0.3, -0.25) is 9.59 Å². The molecule has 0 unspecified atom stereocenters. The molecule has 5 heteroatoms. The number of H-pyrrole nitrogens is 1. The molecule has 2 heterocycles. The number of aromatic nitrogens is 1. The fraction of sp³-hybridized carbons (Fsp3) is 0.222. The number of aryl methyl sites for hydroxylation is 2. The Morgan fingerprint density at radius 2 is 2.00 bits per heavy atom. The SMILES string of the molecule is Cc1cc(C(=O)COC(=O)Cc2c[nH]c3ccccc23)c(C)s1. The minimum absolute atomic E-state index is 0.152. The number of nitrogens with one attached hydrogen (secondary N) is 1. The number of thiophene rings is 1. The predicted octanol–water partition coefficient (Wildman–Crippen LogP) is 3.81. The molecule has 23 heavy (non-hydrogen) atoms. The van der Waals surface area contributed by atoms with Gasteiger partial charge in [-0.15, -0.1) is 11.3 Å². The second-order valence-electron chi connectivity index (χ2n) is 5.45. The van der Waals surface area contributed by atoms with Crippen LogP contribution in [0.3, 0.4) is 0 Å². The number of benzene rings is 1. The maximum atomic E-state index is 12.1. The molecule has 3 rings (SSSR count). The summed E-state index contributed by atoms with van der Waals surface area (Å²) in [5, 5.41) is 1.00. The van der Waals surface area contributed by atoms with Crippen molar-refractivity contribution in [1.29, 1.82) is 0 Å². The molecule has 0 amide bonds. The van der Waals surface area contributed by atoms with E-state index in [2.05, 4.69) is 4.98 Å². The van der Waals surface area contributed by atoms with Gasteiger partial charge in [-0.1, -0.05) is 18.2 Å². The average molecular weight is 327 g/mol. The van der Waals surface area contributed by atoms with Crippen LogP contribution in [0.5, 0.6) is 0 Å². The highest BCUT2D eigenvalue weighted by atomic mass is 32.1. The van der Waals surface area contributed by atoms with E-state index in [0.29, 0.717) is 5.56 Å². The van der Waals surface area contributed by atoms with Crippen molar-refractivity contribution < 1.29 is 14.3 Å². The van der Waals surface area contributed by atoms with E-state index >= 15 is 0 Å². The second kappa shape index (κ2) is 6.38. The molecule has 3 aromatic rings. The summed E-state index contributed by atoms with van der Waals surface area (Å²) >= 11 is 1.57. The Hall–Kier alpha value is -2.40. The highest BCUT2D eigenvalue weighted by molar-refractivity contribution is 7.12. The zero-order valence-corrected chi connectivity index (χ0v) is 13.8. The fourth-order valence-electron chi connectivity index (χ4n) is 2.62. The molecule has 0 saturated carbocycles. The van der Waals surface area contributed by atoms with Gasteiger partial charge in [0.15, 0.2) is 6.61 Å². The maximum Gasteiger partial charge on any atom is 0.310 e. The molecule has 0 spiro atoms. The van der Waals surface area contributed by atoms with Gasteiger partial charge in [0.05, 0.1) is 6.42 Å². The summed E-state index contributed by atoms with van der Waals surface area (Å²) < 4.78 is 5.15. The first-order valence-corrected chi connectivity index (χ1v) is 8.17. The number of para-hydroxylation sites is 1.